The maximum absolute atomic E-state index is 12.7. The lowest BCUT2D eigenvalue weighted by atomic mass is 9.99. The van der Waals surface area contributed by atoms with Gasteiger partial charge < -0.3 is 10.2 Å². The highest BCUT2D eigenvalue weighted by atomic mass is 32.2. The average molecular weight is 468 g/mol. The van der Waals surface area contributed by atoms with Gasteiger partial charge in [-0.25, -0.2) is 0 Å². The van der Waals surface area contributed by atoms with Crippen molar-refractivity contribution in [2.75, 3.05) is 25.3 Å². The first-order valence-electron chi connectivity index (χ1n) is 11.2. The molecular weight excluding hydrogens is 438 g/mol. The Morgan fingerprint density at radius 3 is 2.26 bits per heavy atom. The molecule has 4 aromatic rings. The molecule has 4 nitrogen and oxygen atoms in total. The molecule has 34 heavy (non-hydrogen) atoms. The largest absolute Gasteiger partial charge is 0.378 e. The number of aryl methyl sites for hydroxylation is 1. The minimum atomic E-state index is -0.0923. The summed E-state index contributed by atoms with van der Waals surface area (Å²) in [5.41, 5.74) is 8.36. The molecule has 1 N–H and O–H groups in total. The van der Waals surface area contributed by atoms with Gasteiger partial charge in [0, 0.05) is 36.4 Å². The molecule has 0 bridgehead atoms. The zero-order chi connectivity index (χ0) is 24.1. The zero-order valence-corrected chi connectivity index (χ0v) is 20.8. The lowest BCUT2D eigenvalue weighted by Gasteiger charge is -2.14. The van der Waals surface area contributed by atoms with Gasteiger partial charge in [-0.1, -0.05) is 36.4 Å². The fraction of sp³-hybridized carbons (Fsp3) is 0.172. The van der Waals surface area contributed by atoms with Crippen molar-refractivity contribution in [2.24, 2.45) is 0 Å². The van der Waals surface area contributed by atoms with Crippen LogP contribution in [0.5, 0.6) is 0 Å². The molecule has 4 rings (SSSR count). The second-order valence-corrected chi connectivity index (χ2v) is 9.28. The summed E-state index contributed by atoms with van der Waals surface area (Å²) in [7, 11) is 4.10. The number of pyridine rings is 1. The van der Waals surface area contributed by atoms with Crippen molar-refractivity contribution in [3.05, 3.63) is 102 Å². The van der Waals surface area contributed by atoms with E-state index in [1.807, 2.05) is 50.7 Å². The summed E-state index contributed by atoms with van der Waals surface area (Å²) in [4.78, 5) is 20.4. The molecule has 0 aliphatic carbocycles. The number of nitrogens with one attached hydrogen (secondary N) is 1. The van der Waals surface area contributed by atoms with Crippen LogP contribution in [0.25, 0.3) is 22.3 Å². The number of benzene rings is 3. The van der Waals surface area contributed by atoms with Crippen LogP contribution < -0.4 is 10.2 Å². The molecule has 0 fully saturated rings. The van der Waals surface area contributed by atoms with Crippen molar-refractivity contribution >= 4 is 23.4 Å². The molecule has 0 spiro atoms. The molecule has 0 saturated carbocycles. The van der Waals surface area contributed by atoms with E-state index >= 15 is 0 Å². The Kier molecular flexibility index (Phi) is 7.33. The molecule has 1 aromatic heterocycles. The molecule has 0 atom stereocenters. The number of hydrogen-bond acceptors (Lipinski definition) is 4. The molecule has 1 heterocycles. The van der Waals surface area contributed by atoms with Gasteiger partial charge in [0.15, 0.2) is 0 Å². The van der Waals surface area contributed by atoms with E-state index in [9.17, 15) is 4.79 Å². The third-order valence-corrected chi connectivity index (χ3v) is 6.69. The number of anilines is 1. The summed E-state index contributed by atoms with van der Waals surface area (Å²) in [6.45, 7) is 2.43. The summed E-state index contributed by atoms with van der Waals surface area (Å²) in [6, 6.07) is 26.9. The SMILES string of the molecule is CSc1cc(C(=O)NCc2cc(-c3cccc(-c4cccc(N(C)C)c4)c3)ccn2)ccc1C. The molecule has 0 aliphatic heterocycles. The number of rotatable bonds is 7. The van der Waals surface area contributed by atoms with Gasteiger partial charge in [0.25, 0.3) is 5.91 Å². The normalized spacial score (nSPS) is 10.7. The Labute approximate surface area is 206 Å². The maximum atomic E-state index is 12.7. The van der Waals surface area contributed by atoms with Crippen LogP contribution in [0.2, 0.25) is 0 Å². The standard InChI is InChI=1S/C29H29N3OS/c1-20-11-12-25(18-28(20)34-4)29(33)31-19-26-16-24(13-14-30-26)22-8-5-7-21(15-22)23-9-6-10-27(17-23)32(2)3/h5-18H,19H2,1-4H3,(H,31,33). The minimum Gasteiger partial charge on any atom is -0.378 e. The number of thioether (sulfide) groups is 1. The van der Waals surface area contributed by atoms with Gasteiger partial charge >= 0.3 is 0 Å². The molecule has 5 heteroatoms. The van der Waals surface area contributed by atoms with Crippen molar-refractivity contribution in [1.82, 2.24) is 10.3 Å². The number of hydrogen-bond donors (Lipinski definition) is 1. The van der Waals surface area contributed by atoms with Crippen LogP contribution in [0.3, 0.4) is 0 Å². The zero-order valence-electron chi connectivity index (χ0n) is 20.0. The summed E-state index contributed by atoms with van der Waals surface area (Å²) < 4.78 is 0. The molecule has 172 valence electrons. The van der Waals surface area contributed by atoms with Crippen molar-refractivity contribution in [3.63, 3.8) is 0 Å². The van der Waals surface area contributed by atoms with Crippen LogP contribution in [0, 0.1) is 6.92 Å². The van der Waals surface area contributed by atoms with Crippen LogP contribution >= 0.6 is 11.8 Å². The van der Waals surface area contributed by atoms with E-state index in [-0.39, 0.29) is 5.91 Å². The maximum Gasteiger partial charge on any atom is 0.251 e. The highest BCUT2D eigenvalue weighted by Gasteiger charge is 2.09. The highest BCUT2D eigenvalue weighted by molar-refractivity contribution is 7.98. The first kappa shape index (κ1) is 23.6. The second-order valence-electron chi connectivity index (χ2n) is 8.43. The number of amides is 1. The van der Waals surface area contributed by atoms with E-state index < -0.39 is 0 Å². The first-order valence-corrected chi connectivity index (χ1v) is 12.4. The topological polar surface area (TPSA) is 45.2 Å². The first-order chi connectivity index (χ1) is 16.4. The van der Waals surface area contributed by atoms with E-state index in [1.54, 1.807) is 18.0 Å². The van der Waals surface area contributed by atoms with Gasteiger partial charge in [-0.05, 0) is 83.5 Å². The van der Waals surface area contributed by atoms with E-state index in [0.29, 0.717) is 12.1 Å². The fourth-order valence-corrected chi connectivity index (χ4v) is 4.47. The van der Waals surface area contributed by atoms with Crippen LogP contribution in [-0.4, -0.2) is 31.2 Å². The van der Waals surface area contributed by atoms with E-state index in [2.05, 4.69) is 70.7 Å². The van der Waals surface area contributed by atoms with Crippen LogP contribution in [0.15, 0.2) is 90.0 Å². The van der Waals surface area contributed by atoms with Crippen molar-refractivity contribution in [1.29, 1.82) is 0 Å². The predicted octanol–water partition coefficient (Wildman–Crippen LogP) is 6.44. The molecular formula is C29H29N3OS. The Bertz CT molecular complexity index is 1320. The highest BCUT2D eigenvalue weighted by Crippen LogP contribution is 2.28. The van der Waals surface area contributed by atoms with E-state index in [0.717, 1.165) is 27.3 Å². The summed E-state index contributed by atoms with van der Waals surface area (Å²) >= 11 is 1.65. The predicted molar refractivity (Wildman–Crippen MR) is 144 cm³/mol. The van der Waals surface area contributed by atoms with Gasteiger partial charge in [-0.2, -0.15) is 0 Å². The van der Waals surface area contributed by atoms with Gasteiger partial charge in [-0.3, -0.25) is 9.78 Å². The Morgan fingerprint density at radius 2 is 1.56 bits per heavy atom. The smallest absolute Gasteiger partial charge is 0.251 e. The fourth-order valence-electron chi connectivity index (χ4n) is 3.83. The minimum absolute atomic E-state index is 0.0923. The van der Waals surface area contributed by atoms with Crippen molar-refractivity contribution < 1.29 is 4.79 Å². The third-order valence-electron chi connectivity index (χ3n) is 5.81. The Morgan fingerprint density at radius 1 is 0.882 bits per heavy atom. The number of carbonyl (C=O) groups excluding carboxylic acids is 1. The summed E-state index contributed by atoms with van der Waals surface area (Å²) in [6.07, 6.45) is 3.82. The number of aromatic nitrogens is 1. The van der Waals surface area contributed by atoms with Crippen LogP contribution in [-0.2, 0) is 6.54 Å². The van der Waals surface area contributed by atoms with Gasteiger partial charge in [0.05, 0.1) is 12.2 Å². The molecule has 0 unspecified atom stereocenters. The van der Waals surface area contributed by atoms with Crippen molar-refractivity contribution in [3.8, 4) is 22.3 Å². The molecule has 3 aromatic carbocycles. The average Bonchev–Trinajstić information content (AvgIpc) is 2.88. The van der Waals surface area contributed by atoms with Gasteiger partial charge in [0.1, 0.15) is 0 Å². The molecule has 0 saturated heterocycles. The number of carbonyl (C=O) groups is 1. The van der Waals surface area contributed by atoms with Gasteiger partial charge in [0.2, 0.25) is 0 Å². The Hall–Kier alpha value is -3.57. The van der Waals surface area contributed by atoms with Crippen LogP contribution in [0.1, 0.15) is 21.6 Å². The third kappa shape index (κ3) is 5.49. The van der Waals surface area contributed by atoms with E-state index in [4.69, 9.17) is 0 Å². The second kappa shape index (κ2) is 10.6. The van der Waals surface area contributed by atoms with Crippen LogP contribution in [0.4, 0.5) is 5.69 Å². The van der Waals surface area contributed by atoms with E-state index in [1.165, 1.54) is 16.8 Å². The monoisotopic (exact) mass is 467 g/mol. The van der Waals surface area contributed by atoms with Crippen molar-refractivity contribution in [2.45, 2.75) is 18.4 Å². The lowest BCUT2D eigenvalue weighted by Crippen LogP contribution is -2.23. The Balaban J connectivity index is 1.51. The molecule has 1 amide bonds. The summed E-state index contributed by atoms with van der Waals surface area (Å²) in [5.74, 6) is -0.0923. The number of nitrogens with zero attached hydrogens (tertiary/aromatic N) is 2. The van der Waals surface area contributed by atoms with Gasteiger partial charge in [-0.15, -0.1) is 11.8 Å². The quantitative estimate of drug-likeness (QED) is 0.318. The lowest BCUT2D eigenvalue weighted by molar-refractivity contribution is 0.0950. The molecule has 0 aliphatic rings. The molecule has 0 radical (unpaired) electrons. The summed E-state index contributed by atoms with van der Waals surface area (Å²) in [5, 5.41) is 3.00.